The predicted molar refractivity (Wildman–Crippen MR) is 63.0 cm³/mol. The van der Waals surface area contributed by atoms with Gasteiger partial charge in [0.1, 0.15) is 11.0 Å². The molecule has 0 fully saturated rings. The number of carbonyl (C=O) groups is 1. The van der Waals surface area contributed by atoms with Crippen molar-refractivity contribution in [3.63, 3.8) is 0 Å². The summed E-state index contributed by atoms with van der Waals surface area (Å²) < 4.78 is 0. The van der Waals surface area contributed by atoms with Crippen LogP contribution in [0.25, 0.3) is 11.0 Å². The van der Waals surface area contributed by atoms with E-state index in [1.165, 1.54) is 6.08 Å². The van der Waals surface area contributed by atoms with Gasteiger partial charge >= 0.3 is 0 Å². The van der Waals surface area contributed by atoms with E-state index in [1.807, 2.05) is 13.8 Å². The highest BCUT2D eigenvalue weighted by atomic mass is 16.5. The van der Waals surface area contributed by atoms with Crippen molar-refractivity contribution in [1.82, 2.24) is 15.2 Å². The number of hydrogen-bond donors (Lipinski definition) is 2. The van der Waals surface area contributed by atoms with Gasteiger partial charge in [-0.25, -0.2) is 0 Å². The third kappa shape index (κ3) is 1.84. The summed E-state index contributed by atoms with van der Waals surface area (Å²) in [5.41, 5.74) is 3.52. The summed E-state index contributed by atoms with van der Waals surface area (Å²) in [7, 11) is 0. The van der Waals surface area contributed by atoms with Crippen LogP contribution in [0.3, 0.4) is 0 Å². The number of amides is 1. The Morgan fingerprint density at radius 2 is 2.18 bits per heavy atom. The lowest BCUT2D eigenvalue weighted by Gasteiger charge is -2.08. The number of fused-ring (bicyclic) bond motifs is 1. The van der Waals surface area contributed by atoms with Crippen LogP contribution in [-0.2, 0) is 4.79 Å². The number of carbonyl (C=O) groups excluding carboxylic acids is 1. The van der Waals surface area contributed by atoms with Crippen LogP contribution < -0.4 is 5.32 Å². The molecule has 0 unspecified atom stereocenters. The molecule has 0 atom stereocenters. The Balaban J connectivity index is 2.60. The van der Waals surface area contributed by atoms with Crippen LogP contribution in [0.4, 0.5) is 5.69 Å². The van der Waals surface area contributed by atoms with E-state index in [0.717, 1.165) is 11.1 Å². The van der Waals surface area contributed by atoms with Crippen molar-refractivity contribution in [2.24, 2.45) is 0 Å². The molecule has 0 saturated heterocycles. The van der Waals surface area contributed by atoms with E-state index in [0.29, 0.717) is 21.7 Å². The number of rotatable bonds is 2. The van der Waals surface area contributed by atoms with Crippen molar-refractivity contribution in [2.45, 2.75) is 13.8 Å². The van der Waals surface area contributed by atoms with Crippen LogP contribution in [-0.4, -0.2) is 26.3 Å². The molecule has 2 rings (SSSR count). The summed E-state index contributed by atoms with van der Waals surface area (Å²) in [5.74, 6) is -0.289. The topological polar surface area (TPSA) is 80.0 Å². The van der Waals surface area contributed by atoms with Crippen molar-refractivity contribution < 1.29 is 10.0 Å². The Labute approximate surface area is 97.5 Å². The average molecular weight is 232 g/mol. The van der Waals surface area contributed by atoms with Gasteiger partial charge in [-0.1, -0.05) is 6.58 Å². The molecule has 0 saturated carbocycles. The maximum absolute atomic E-state index is 11.3. The third-order valence-electron chi connectivity index (χ3n) is 2.68. The Morgan fingerprint density at radius 1 is 1.47 bits per heavy atom. The molecule has 0 aliphatic heterocycles. The molecule has 1 aromatic heterocycles. The molecule has 2 N–H and O–H groups in total. The second-order valence-electron chi connectivity index (χ2n) is 3.70. The van der Waals surface area contributed by atoms with Crippen LogP contribution in [0, 0.1) is 13.8 Å². The Kier molecular flexibility index (Phi) is 2.55. The molecule has 0 aliphatic rings. The van der Waals surface area contributed by atoms with E-state index in [2.05, 4.69) is 22.1 Å². The van der Waals surface area contributed by atoms with Gasteiger partial charge in [0.2, 0.25) is 5.91 Å². The van der Waals surface area contributed by atoms with Gasteiger partial charge in [0, 0.05) is 5.69 Å². The second-order valence-corrected chi connectivity index (χ2v) is 3.70. The maximum Gasteiger partial charge on any atom is 0.247 e. The fraction of sp³-hybridized carbons (Fsp3) is 0.182. The lowest BCUT2D eigenvalue weighted by atomic mass is 10.1. The van der Waals surface area contributed by atoms with Gasteiger partial charge in [-0.05, 0) is 42.1 Å². The third-order valence-corrected chi connectivity index (χ3v) is 2.68. The molecule has 88 valence electrons. The van der Waals surface area contributed by atoms with E-state index in [9.17, 15) is 10.0 Å². The first-order valence-electron chi connectivity index (χ1n) is 5.03. The van der Waals surface area contributed by atoms with Crippen LogP contribution in [0.5, 0.6) is 0 Å². The van der Waals surface area contributed by atoms with Crippen molar-refractivity contribution in [1.29, 1.82) is 0 Å². The highest BCUT2D eigenvalue weighted by molar-refractivity contribution is 6.01. The number of hydrogen-bond acceptors (Lipinski definition) is 4. The molecule has 0 aliphatic carbocycles. The van der Waals surface area contributed by atoms with E-state index in [1.54, 1.807) is 6.07 Å². The Morgan fingerprint density at radius 3 is 2.82 bits per heavy atom. The van der Waals surface area contributed by atoms with E-state index in [4.69, 9.17) is 0 Å². The average Bonchev–Trinajstić information content (AvgIpc) is 2.66. The van der Waals surface area contributed by atoms with Crippen molar-refractivity contribution in [3.05, 3.63) is 29.8 Å². The predicted octanol–water partition coefficient (Wildman–Crippen LogP) is 1.41. The smallest absolute Gasteiger partial charge is 0.247 e. The lowest BCUT2D eigenvalue weighted by Crippen LogP contribution is -2.09. The van der Waals surface area contributed by atoms with E-state index < -0.39 is 0 Å². The first-order chi connectivity index (χ1) is 8.02. The zero-order chi connectivity index (χ0) is 12.6. The van der Waals surface area contributed by atoms with Gasteiger partial charge in [-0.15, -0.1) is 10.2 Å². The molecule has 1 amide bonds. The molecule has 1 heterocycles. The summed E-state index contributed by atoms with van der Waals surface area (Å²) in [4.78, 5) is 11.8. The van der Waals surface area contributed by atoms with Gasteiger partial charge in [0.25, 0.3) is 0 Å². The summed E-state index contributed by atoms with van der Waals surface area (Å²) >= 11 is 0. The van der Waals surface area contributed by atoms with Gasteiger partial charge in [-0.3, -0.25) is 4.79 Å². The molecule has 6 nitrogen and oxygen atoms in total. The summed E-state index contributed by atoms with van der Waals surface area (Å²) in [5, 5.41) is 19.5. The molecule has 0 radical (unpaired) electrons. The molecular formula is C11H12N4O2. The minimum Gasteiger partial charge on any atom is -0.396 e. The SMILES string of the molecule is C=CC(=O)Nc1cc2nn(O)nc2c(C)c1C. The molecule has 1 aromatic carbocycles. The van der Waals surface area contributed by atoms with Crippen molar-refractivity contribution in [3.8, 4) is 0 Å². The highest BCUT2D eigenvalue weighted by Crippen LogP contribution is 2.25. The quantitative estimate of drug-likeness (QED) is 0.606. The number of nitrogens with zero attached hydrogens (tertiary/aromatic N) is 3. The highest BCUT2D eigenvalue weighted by Gasteiger charge is 2.12. The van der Waals surface area contributed by atoms with Crippen molar-refractivity contribution >= 4 is 22.6 Å². The molecule has 17 heavy (non-hydrogen) atoms. The maximum atomic E-state index is 11.3. The number of nitrogens with one attached hydrogen (secondary N) is 1. The van der Waals surface area contributed by atoms with Crippen LogP contribution >= 0.6 is 0 Å². The first kappa shape index (κ1) is 11.1. The van der Waals surface area contributed by atoms with Crippen LogP contribution in [0.15, 0.2) is 18.7 Å². The second kappa shape index (κ2) is 3.89. The Hall–Kier alpha value is -2.37. The normalized spacial score (nSPS) is 10.5. The number of benzene rings is 1. The summed E-state index contributed by atoms with van der Waals surface area (Å²) in [6, 6.07) is 1.67. The zero-order valence-corrected chi connectivity index (χ0v) is 9.56. The number of anilines is 1. The van der Waals surface area contributed by atoms with Gasteiger partial charge in [0.05, 0.1) is 0 Å². The van der Waals surface area contributed by atoms with Gasteiger partial charge in [0.15, 0.2) is 0 Å². The molecular weight excluding hydrogens is 220 g/mol. The van der Waals surface area contributed by atoms with E-state index >= 15 is 0 Å². The largest absolute Gasteiger partial charge is 0.396 e. The van der Waals surface area contributed by atoms with Crippen LogP contribution in [0.2, 0.25) is 0 Å². The fourth-order valence-corrected chi connectivity index (χ4v) is 1.61. The molecule has 2 aromatic rings. The molecule has 0 spiro atoms. The first-order valence-corrected chi connectivity index (χ1v) is 5.03. The summed E-state index contributed by atoms with van der Waals surface area (Å²) in [6.45, 7) is 7.11. The lowest BCUT2D eigenvalue weighted by molar-refractivity contribution is -0.111. The molecule has 6 heteroatoms. The summed E-state index contributed by atoms with van der Waals surface area (Å²) in [6.07, 6.45) is 1.20. The fourth-order valence-electron chi connectivity index (χ4n) is 1.61. The minimum absolute atomic E-state index is 0.289. The Bertz CT molecular complexity index is 615. The van der Waals surface area contributed by atoms with Crippen LogP contribution in [0.1, 0.15) is 11.1 Å². The number of aryl methyl sites for hydroxylation is 1. The zero-order valence-electron chi connectivity index (χ0n) is 9.56. The molecule has 0 bridgehead atoms. The number of aromatic nitrogens is 3. The monoisotopic (exact) mass is 232 g/mol. The van der Waals surface area contributed by atoms with E-state index in [-0.39, 0.29) is 5.91 Å². The van der Waals surface area contributed by atoms with Gasteiger partial charge < -0.3 is 10.5 Å². The van der Waals surface area contributed by atoms with Crippen molar-refractivity contribution in [2.75, 3.05) is 5.32 Å². The van der Waals surface area contributed by atoms with Gasteiger partial charge in [-0.2, -0.15) is 0 Å². The standard InChI is InChI=1S/C11H12N4O2/c1-4-10(16)12-8-5-9-11(7(3)6(8)2)14-15(17)13-9/h4-5,17H,1H2,2-3H3,(H,12,16). The minimum atomic E-state index is -0.289.